The van der Waals surface area contributed by atoms with Crippen molar-refractivity contribution in [3.63, 3.8) is 0 Å². The minimum Gasteiger partial charge on any atom is -0.497 e. The molecule has 1 aromatic rings. The van der Waals surface area contributed by atoms with Crippen LogP contribution >= 0.6 is 0 Å². The standard InChI is InChI=1S/C22H33N3O4/c1-16-5-3-4-10-22(16,23)21(27)29-20(26)19(25-13-11-24-12-14-25)15-17-6-8-18(28-2)9-7-17/h6-9,16,19,24H,3-5,10-15,23H2,1-2H3/t16?,19-,22?/m0/s1. The second kappa shape index (κ2) is 9.69. The number of rotatable bonds is 6. The Hall–Kier alpha value is -1.96. The molecule has 0 radical (unpaired) electrons. The molecule has 3 N–H and O–H groups in total. The largest absolute Gasteiger partial charge is 0.497 e. The van der Waals surface area contributed by atoms with E-state index in [1.54, 1.807) is 7.11 Å². The summed E-state index contributed by atoms with van der Waals surface area (Å²) in [6.07, 6.45) is 3.87. The molecular formula is C22H33N3O4. The molecule has 3 atom stereocenters. The minimum atomic E-state index is -1.07. The van der Waals surface area contributed by atoms with Crippen molar-refractivity contribution in [2.24, 2.45) is 11.7 Å². The smallest absolute Gasteiger partial charge is 0.334 e. The molecule has 29 heavy (non-hydrogen) atoms. The first kappa shape index (κ1) is 21.7. The summed E-state index contributed by atoms with van der Waals surface area (Å²) in [6, 6.07) is 7.11. The maximum atomic E-state index is 13.1. The zero-order valence-electron chi connectivity index (χ0n) is 17.5. The number of nitrogens with two attached hydrogens (primary N) is 1. The van der Waals surface area contributed by atoms with Crippen LogP contribution in [0.4, 0.5) is 0 Å². The maximum absolute atomic E-state index is 13.1. The third-order valence-electron chi connectivity index (χ3n) is 6.38. The third kappa shape index (κ3) is 5.15. The molecule has 1 saturated heterocycles. The molecule has 1 saturated carbocycles. The molecule has 160 valence electrons. The van der Waals surface area contributed by atoms with E-state index >= 15 is 0 Å². The van der Waals surface area contributed by atoms with Crippen LogP contribution in [-0.4, -0.2) is 61.7 Å². The number of ether oxygens (including phenoxy) is 2. The molecule has 0 aromatic heterocycles. The summed E-state index contributed by atoms with van der Waals surface area (Å²) in [7, 11) is 1.62. The van der Waals surface area contributed by atoms with Crippen molar-refractivity contribution < 1.29 is 19.1 Å². The van der Waals surface area contributed by atoms with Gasteiger partial charge in [-0.25, -0.2) is 9.59 Å². The van der Waals surface area contributed by atoms with Gasteiger partial charge in [-0.15, -0.1) is 0 Å². The van der Waals surface area contributed by atoms with Crippen LogP contribution in [0.15, 0.2) is 24.3 Å². The van der Waals surface area contributed by atoms with Crippen LogP contribution in [0.1, 0.15) is 38.2 Å². The zero-order valence-corrected chi connectivity index (χ0v) is 17.5. The van der Waals surface area contributed by atoms with Gasteiger partial charge in [0.15, 0.2) is 0 Å². The zero-order chi connectivity index (χ0) is 20.9. The lowest BCUT2D eigenvalue weighted by atomic mass is 9.74. The van der Waals surface area contributed by atoms with Gasteiger partial charge in [-0.2, -0.15) is 0 Å². The summed E-state index contributed by atoms with van der Waals surface area (Å²) < 4.78 is 10.6. The highest BCUT2D eigenvalue weighted by Gasteiger charge is 2.44. The monoisotopic (exact) mass is 403 g/mol. The van der Waals surface area contributed by atoms with Gasteiger partial charge in [0.25, 0.3) is 0 Å². The van der Waals surface area contributed by atoms with E-state index < -0.39 is 23.5 Å². The van der Waals surface area contributed by atoms with E-state index in [1.165, 1.54) is 0 Å². The Morgan fingerprint density at radius 3 is 2.55 bits per heavy atom. The molecule has 2 unspecified atom stereocenters. The second-order valence-corrected chi connectivity index (χ2v) is 8.25. The molecule has 0 amide bonds. The highest BCUT2D eigenvalue weighted by molar-refractivity contribution is 5.93. The van der Waals surface area contributed by atoms with Crippen LogP contribution in [-0.2, 0) is 20.7 Å². The van der Waals surface area contributed by atoms with Gasteiger partial charge in [0.2, 0.25) is 0 Å². The van der Waals surface area contributed by atoms with Gasteiger partial charge in [-0.1, -0.05) is 31.9 Å². The Labute approximate surface area is 172 Å². The van der Waals surface area contributed by atoms with Gasteiger partial charge < -0.3 is 20.5 Å². The highest BCUT2D eigenvalue weighted by atomic mass is 16.6. The Morgan fingerprint density at radius 1 is 1.24 bits per heavy atom. The van der Waals surface area contributed by atoms with Gasteiger partial charge in [0.05, 0.1) is 7.11 Å². The summed E-state index contributed by atoms with van der Waals surface area (Å²) in [4.78, 5) is 28.0. The molecule has 2 aliphatic rings. The van der Waals surface area contributed by atoms with Crippen LogP contribution < -0.4 is 15.8 Å². The van der Waals surface area contributed by atoms with Gasteiger partial charge in [0, 0.05) is 26.2 Å². The van der Waals surface area contributed by atoms with Crippen molar-refractivity contribution in [1.29, 1.82) is 0 Å². The molecule has 3 rings (SSSR count). The lowest BCUT2D eigenvalue weighted by Gasteiger charge is -2.38. The molecule has 1 aliphatic heterocycles. The minimum absolute atomic E-state index is 0.00998. The summed E-state index contributed by atoms with van der Waals surface area (Å²) >= 11 is 0. The molecule has 0 bridgehead atoms. The average Bonchev–Trinajstić information content (AvgIpc) is 2.75. The quantitative estimate of drug-likeness (QED) is 0.549. The molecule has 2 fully saturated rings. The molecule has 1 heterocycles. The van der Waals surface area contributed by atoms with Crippen LogP contribution in [0.2, 0.25) is 0 Å². The van der Waals surface area contributed by atoms with Crippen molar-refractivity contribution in [3.05, 3.63) is 29.8 Å². The summed E-state index contributed by atoms with van der Waals surface area (Å²) in [5.74, 6) is -0.308. The number of carbonyl (C=O) groups is 2. The van der Waals surface area contributed by atoms with Crippen LogP contribution in [0.5, 0.6) is 5.75 Å². The molecule has 0 spiro atoms. The van der Waals surface area contributed by atoms with Gasteiger partial charge in [-0.3, -0.25) is 4.90 Å². The van der Waals surface area contributed by atoms with E-state index in [9.17, 15) is 9.59 Å². The number of methoxy groups -OCH3 is 1. The summed E-state index contributed by atoms with van der Waals surface area (Å²) in [6.45, 7) is 5.04. The fourth-order valence-electron chi connectivity index (χ4n) is 4.27. The third-order valence-corrected chi connectivity index (χ3v) is 6.38. The number of carbonyl (C=O) groups excluding carboxylic acids is 2. The van der Waals surface area contributed by atoms with E-state index in [1.807, 2.05) is 31.2 Å². The number of esters is 2. The molecular weight excluding hydrogens is 370 g/mol. The summed E-state index contributed by atoms with van der Waals surface area (Å²) in [5, 5.41) is 3.29. The normalized spacial score (nSPS) is 26.5. The fourth-order valence-corrected chi connectivity index (χ4v) is 4.27. The number of benzene rings is 1. The Morgan fingerprint density at radius 2 is 1.93 bits per heavy atom. The summed E-state index contributed by atoms with van der Waals surface area (Å²) in [5.41, 5.74) is 6.32. The van der Waals surface area contributed by atoms with Crippen LogP contribution in [0, 0.1) is 5.92 Å². The number of nitrogens with one attached hydrogen (secondary N) is 1. The van der Waals surface area contributed by atoms with Crippen molar-refractivity contribution in [1.82, 2.24) is 10.2 Å². The van der Waals surface area contributed by atoms with Crippen LogP contribution in [0.3, 0.4) is 0 Å². The SMILES string of the molecule is COc1ccc(C[C@@H](C(=O)OC(=O)C2(N)CCCCC2C)N2CCNCC2)cc1. The van der Waals surface area contributed by atoms with Gasteiger partial charge >= 0.3 is 11.9 Å². The predicted octanol–water partition coefficient (Wildman–Crippen LogP) is 1.49. The van der Waals surface area contributed by atoms with Crippen molar-refractivity contribution in [2.75, 3.05) is 33.3 Å². The first-order chi connectivity index (χ1) is 13.9. The van der Waals surface area contributed by atoms with E-state index in [0.717, 1.165) is 56.8 Å². The van der Waals surface area contributed by atoms with Gasteiger partial charge in [0.1, 0.15) is 17.3 Å². The Balaban J connectivity index is 1.73. The second-order valence-electron chi connectivity index (χ2n) is 8.25. The Bertz CT molecular complexity index is 703. The van der Waals surface area contributed by atoms with Crippen molar-refractivity contribution in [2.45, 2.75) is 50.6 Å². The molecule has 1 aliphatic carbocycles. The number of piperazine rings is 1. The van der Waals surface area contributed by atoms with Crippen molar-refractivity contribution in [3.8, 4) is 5.75 Å². The first-order valence-electron chi connectivity index (χ1n) is 10.6. The van der Waals surface area contributed by atoms with E-state index in [-0.39, 0.29) is 5.92 Å². The molecule has 7 nitrogen and oxygen atoms in total. The van der Waals surface area contributed by atoms with Gasteiger partial charge in [-0.05, 0) is 42.9 Å². The Kier molecular flexibility index (Phi) is 7.27. The molecule has 1 aromatic carbocycles. The fraction of sp³-hybridized carbons (Fsp3) is 0.636. The average molecular weight is 404 g/mol. The number of hydrogen-bond acceptors (Lipinski definition) is 7. The van der Waals surface area contributed by atoms with E-state index in [2.05, 4.69) is 10.2 Å². The lowest BCUT2D eigenvalue weighted by Crippen LogP contribution is -2.58. The van der Waals surface area contributed by atoms with E-state index in [0.29, 0.717) is 12.8 Å². The first-order valence-corrected chi connectivity index (χ1v) is 10.6. The van der Waals surface area contributed by atoms with Crippen LogP contribution in [0.25, 0.3) is 0 Å². The number of hydrogen-bond donors (Lipinski definition) is 2. The lowest BCUT2D eigenvalue weighted by molar-refractivity contribution is -0.169. The van der Waals surface area contributed by atoms with E-state index in [4.69, 9.17) is 15.2 Å². The number of nitrogens with zero attached hydrogens (tertiary/aromatic N) is 1. The van der Waals surface area contributed by atoms with Crippen molar-refractivity contribution >= 4 is 11.9 Å². The molecule has 7 heteroatoms. The topological polar surface area (TPSA) is 93.9 Å². The predicted molar refractivity (Wildman–Crippen MR) is 111 cm³/mol. The highest BCUT2D eigenvalue weighted by Crippen LogP contribution is 2.32. The maximum Gasteiger partial charge on any atom is 0.334 e.